The minimum Gasteiger partial charge on any atom is -0.497 e. The Morgan fingerprint density at radius 2 is 0.902 bits per heavy atom. The summed E-state index contributed by atoms with van der Waals surface area (Å²) in [5.74, 6) is -2.00. The van der Waals surface area contributed by atoms with Gasteiger partial charge in [-0.3, -0.25) is 83.2 Å². The highest BCUT2D eigenvalue weighted by atomic mass is 35.5. The number of nitro groups is 1. The van der Waals surface area contributed by atoms with Crippen LogP contribution in [0.3, 0.4) is 0 Å². The van der Waals surface area contributed by atoms with Crippen molar-refractivity contribution in [2.45, 2.75) is 66.2 Å². The highest BCUT2D eigenvalue weighted by Crippen LogP contribution is 2.45. The van der Waals surface area contributed by atoms with Crippen LogP contribution < -0.4 is 24.8 Å². The van der Waals surface area contributed by atoms with E-state index in [1.807, 2.05) is 24.3 Å². The molecule has 5 aliphatic rings. The number of ether oxygens (including phenoxy) is 5. The van der Waals surface area contributed by atoms with Gasteiger partial charge in [0.1, 0.15) is 15.8 Å². The lowest BCUT2D eigenvalue weighted by molar-refractivity contribution is -0.385. The van der Waals surface area contributed by atoms with Crippen molar-refractivity contribution in [3.05, 3.63) is 125 Å². The predicted octanol–water partition coefficient (Wildman–Crippen LogP) is 7.39. The Bertz CT molecular complexity index is 3100. The van der Waals surface area contributed by atoms with Crippen LogP contribution in [0, 0.1) is 35.8 Å². The number of carbonyl (C=O) groups excluding carboxylic acids is 10. The molecule has 4 aromatic rings. The third-order valence-electron chi connectivity index (χ3n) is 12.2. The van der Waals surface area contributed by atoms with Crippen molar-refractivity contribution >= 4 is 111 Å². The van der Waals surface area contributed by atoms with Crippen molar-refractivity contribution < 1.29 is 101 Å². The van der Waals surface area contributed by atoms with Crippen LogP contribution in [0.25, 0.3) is 0 Å². The summed E-state index contributed by atoms with van der Waals surface area (Å²) in [6.45, 7) is 7.62. The maximum atomic E-state index is 11.4. The van der Waals surface area contributed by atoms with Gasteiger partial charge in [0.25, 0.3) is 59.1 Å². The largest absolute Gasteiger partial charge is 0.497 e. The van der Waals surface area contributed by atoms with E-state index in [2.05, 4.69) is 32.1 Å². The van der Waals surface area contributed by atoms with Crippen molar-refractivity contribution in [2.24, 2.45) is 11.8 Å². The summed E-state index contributed by atoms with van der Waals surface area (Å²) in [6, 6.07) is 20.8. The molecule has 0 aromatic heterocycles. The van der Waals surface area contributed by atoms with E-state index in [0.29, 0.717) is 45.9 Å². The predicted molar refractivity (Wildman–Crippen MR) is 328 cm³/mol. The van der Waals surface area contributed by atoms with Crippen molar-refractivity contribution in [1.29, 1.82) is 0 Å². The van der Waals surface area contributed by atoms with Crippen molar-refractivity contribution in [3.63, 3.8) is 0 Å². The van der Waals surface area contributed by atoms with Crippen LogP contribution in [0.15, 0.2) is 72.8 Å². The first-order chi connectivity index (χ1) is 43.7. The topological polar surface area (TPSA) is 346 Å². The Morgan fingerprint density at radius 1 is 0.500 bits per heavy atom. The molecule has 504 valence electrons. The number of halogens is 4. The molecule has 4 saturated heterocycles. The quantitative estimate of drug-likeness (QED) is 0.0260. The van der Waals surface area contributed by atoms with Crippen LogP contribution in [-0.4, -0.2) is 173 Å². The van der Waals surface area contributed by atoms with Crippen LogP contribution in [0.2, 0.25) is 20.1 Å². The second-order valence-electron chi connectivity index (χ2n) is 18.7. The number of benzene rings is 4. The number of methoxy groups -OCH3 is 3. The monoisotopic (exact) mass is 1370 g/mol. The van der Waals surface area contributed by atoms with Crippen LogP contribution in [0.4, 0.5) is 5.69 Å². The molecule has 5 aliphatic heterocycles. The third kappa shape index (κ3) is 24.0. The van der Waals surface area contributed by atoms with Gasteiger partial charge in [-0.2, -0.15) is 20.3 Å². The average molecular weight is 1380 g/mol. The van der Waals surface area contributed by atoms with Gasteiger partial charge in [0.2, 0.25) is 0 Å². The molecule has 34 heteroatoms. The highest BCUT2D eigenvalue weighted by molar-refractivity contribution is 6.49. The van der Waals surface area contributed by atoms with E-state index >= 15 is 0 Å². The van der Waals surface area contributed by atoms with Crippen LogP contribution in [0.1, 0.15) is 84.2 Å². The minimum atomic E-state index is -0.473. The fourth-order valence-electron chi connectivity index (χ4n) is 7.45. The molecule has 30 nitrogen and oxygen atoms in total. The molecule has 9 rings (SSSR count). The summed E-state index contributed by atoms with van der Waals surface area (Å²) >= 11 is 23.5. The molecule has 2 N–H and O–H groups in total. The van der Waals surface area contributed by atoms with Crippen LogP contribution in [0.5, 0.6) is 17.2 Å². The number of nitro benzene ring substituents is 1. The molecule has 0 bridgehead atoms. The fourth-order valence-corrected chi connectivity index (χ4v) is 8.54. The Kier molecular flexibility index (Phi) is 36.3. The molecule has 2 atom stereocenters. The van der Waals surface area contributed by atoms with Crippen LogP contribution in [-0.2, 0) is 72.0 Å². The number of hydrogen-bond acceptors (Lipinski definition) is 24. The second-order valence-corrected chi connectivity index (χ2v) is 20.2. The summed E-state index contributed by atoms with van der Waals surface area (Å²) in [6.07, 6.45) is 1.51. The molecule has 0 saturated carbocycles. The van der Waals surface area contributed by atoms with Gasteiger partial charge in [0.15, 0.2) is 25.1 Å². The number of nitrogens with zero attached hydrogens (tertiary/aromatic N) is 6. The number of para-hydroxylation sites is 2. The summed E-state index contributed by atoms with van der Waals surface area (Å²) in [5.41, 5.74) is 2.70. The van der Waals surface area contributed by atoms with Crippen LogP contribution >= 0.6 is 46.4 Å². The lowest BCUT2D eigenvalue weighted by atomic mass is 10.1. The van der Waals surface area contributed by atoms with Gasteiger partial charge in [-0.05, 0) is 63.8 Å². The molecule has 4 aromatic carbocycles. The van der Waals surface area contributed by atoms with Gasteiger partial charge in [-0.25, -0.2) is 9.68 Å². The zero-order valence-electron chi connectivity index (χ0n) is 52.3. The van der Waals surface area contributed by atoms with E-state index in [0.717, 1.165) is 31.1 Å². The highest BCUT2D eigenvalue weighted by Gasteiger charge is 2.38. The molecule has 2 unspecified atom stereocenters. The van der Waals surface area contributed by atoms with Gasteiger partial charge in [-0.1, -0.05) is 102 Å². The van der Waals surface area contributed by atoms with Crippen molar-refractivity contribution in [2.75, 3.05) is 83.8 Å². The smallest absolute Gasteiger partial charge is 0.310 e. The first-order valence-electron chi connectivity index (χ1n) is 27.2. The minimum absolute atomic E-state index is 0.00463. The van der Waals surface area contributed by atoms with Gasteiger partial charge in [0.05, 0.1) is 82.2 Å². The maximum Gasteiger partial charge on any atom is 0.310 e. The maximum absolute atomic E-state index is 11.4. The van der Waals surface area contributed by atoms with E-state index in [1.165, 1.54) is 47.2 Å². The lowest BCUT2D eigenvalue weighted by Crippen LogP contribution is -2.32. The van der Waals surface area contributed by atoms with Gasteiger partial charge >= 0.3 is 5.69 Å². The number of amides is 10. The molecule has 4 fully saturated rings. The Balaban J connectivity index is 0.000000360. The molecule has 0 aliphatic carbocycles. The molecule has 0 spiro atoms. The van der Waals surface area contributed by atoms with E-state index in [1.54, 1.807) is 84.4 Å². The standard InChI is InChI=1S/C9H7NO3.C8H6Cl4O.C8H14N2O4.C8H10O.C7H12N2O4.C7H7NO3.C6H9NO3.C5H7NO3/c1-13-10-8(11)6-4-2-3-5-7(6)9(10)12;1-3-4(9)6(11)8(13-2)7(12)5(3)10;1-6-3-7(11)10(8(6)12)14-5-13-4-9-2;1-7-3-5-8(9-2)6-4-7;1-8-4-12-5-13-9-6(10)2-3-7(9)11;1-11-7-5-3-2-4-6(7)8(9)10;1-4-3-5(8)7(10-2)6(4)9;1-9-6-4(7)2-3-5(6)8/h2-5H,1H3;1-2H3;6,9H,3-5H2,1-2H3;3-6H,1-2H3;8H,2-5H2,1H3;2-5H,1H3;4H,3H2,1-2H3;2-3H2,1H3. The fraction of sp³-hybridized carbons (Fsp3) is 0.414. The molecular weight excluding hydrogens is 1300 g/mol. The normalized spacial score (nSPS) is 16.1. The number of imide groups is 5. The molecule has 92 heavy (non-hydrogen) atoms. The second kappa shape index (κ2) is 41.6. The van der Waals surface area contributed by atoms with Crippen molar-refractivity contribution in [1.82, 2.24) is 35.9 Å². The lowest BCUT2D eigenvalue weighted by Gasteiger charge is -2.13. The number of hydroxylamine groups is 10. The zero-order chi connectivity index (χ0) is 69.4. The third-order valence-corrected chi connectivity index (χ3v) is 14.0. The number of hydrogen-bond donors (Lipinski definition) is 2. The number of fused-ring (bicyclic) bond motifs is 1. The number of aryl methyl sites for hydroxylation is 1. The summed E-state index contributed by atoms with van der Waals surface area (Å²) in [7, 11) is 11.9. The first-order valence-corrected chi connectivity index (χ1v) is 28.7. The Labute approximate surface area is 549 Å². The summed E-state index contributed by atoms with van der Waals surface area (Å²) in [5, 5.41) is 21.0. The van der Waals surface area contributed by atoms with Gasteiger partial charge < -0.3 is 23.7 Å². The molecule has 0 radical (unpaired) electrons. The number of rotatable bonds is 17. The molecule has 10 amide bonds. The average Bonchev–Trinajstić information content (AvgIpc) is 1.43. The van der Waals surface area contributed by atoms with Crippen molar-refractivity contribution in [3.8, 4) is 17.2 Å². The SMILES string of the molecule is CNCOCON1C(=O)CC(C)C1=O.CNCOCON1C(=O)CCC1=O.CON1C(=O)CC(C)C1=O.CON1C(=O)CCC1=O.CON1C(=O)c2ccccc2C1=O.COc1c(Cl)c(Cl)c(C)c(Cl)c1Cl.COc1ccc(C)cc1.COc1ccccc1[N+](=O)[O-]. The van der Waals surface area contributed by atoms with Gasteiger partial charge in [-0.15, -0.1) is 5.06 Å². The Hall–Kier alpha value is -7.82. The molecule has 5 heterocycles. The zero-order valence-corrected chi connectivity index (χ0v) is 55.4. The number of carbonyl (C=O) groups is 10. The number of nitrogens with one attached hydrogen (secondary N) is 2. The Morgan fingerprint density at radius 3 is 1.24 bits per heavy atom. The van der Waals surface area contributed by atoms with E-state index in [-0.39, 0.29) is 133 Å². The van der Waals surface area contributed by atoms with E-state index in [9.17, 15) is 58.1 Å². The summed E-state index contributed by atoms with van der Waals surface area (Å²) in [4.78, 5) is 143. The molecular formula is C58H72Cl4N8O22. The first kappa shape index (κ1) is 80.3. The van der Waals surface area contributed by atoms with Gasteiger partial charge in [0, 0.05) is 56.4 Å². The summed E-state index contributed by atoms with van der Waals surface area (Å²) < 4.78 is 24.5. The van der Waals surface area contributed by atoms with E-state index in [4.69, 9.17) is 79.8 Å². The van der Waals surface area contributed by atoms with E-state index < -0.39 is 16.7 Å².